The van der Waals surface area contributed by atoms with Gasteiger partial charge in [0, 0.05) is 10.8 Å². The zero-order valence-electron chi connectivity index (χ0n) is 12.9. The second-order valence-corrected chi connectivity index (χ2v) is 7.13. The quantitative estimate of drug-likeness (QED) is 0.550. The van der Waals surface area contributed by atoms with E-state index in [0.29, 0.717) is 36.5 Å². The van der Waals surface area contributed by atoms with Crippen LogP contribution in [0.5, 0.6) is 0 Å². The van der Waals surface area contributed by atoms with Gasteiger partial charge in [-0.25, -0.2) is 0 Å². The average molecular weight is 306 g/mol. The molecule has 3 nitrogen and oxygen atoms in total. The Balaban J connectivity index is 3.53. The summed E-state index contributed by atoms with van der Waals surface area (Å²) in [5.41, 5.74) is -0.200. The van der Waals surface area contributed by atoms with Crippen LogP contribution in [0.3, 0.4) is 0 Å². The largest absolute Gasteiger partial charge is 0.484 e. The zero-order chi connectivity index (χ0) is 15.1. The highest BCUT2D eigenvalue weighted by molar-refractivity contribution is 7.80. The second-order valence-electron chi connectivity index (χ2n) is 6.38. The highest BCUT2D eigenvalue weighted by atomic mass is 32.1. The lowest BCUT2D eigenvalue weighted by molar-refractivity contribution is 0.0673. The molecular weight excluding hydrogens is 280 g/mol. The number of thiocarbonyl (C=S) groups is 2. The number of hydrogen-bond acceptors (Lipinski definition) is 5. The number of ether oxygens (including phenoxy) is 3. The molecule has 5 heteroatoms. The first-order chi connectivity index (χ1) is 8.55. The predicted molar refractivity (Wildman–Crippen MR) is 86.8 cm³/mol. The summed E-state index contributed by atoms with van der Waals surface area (Å²) < 4.78 is 16.2. The number of hydrogen-bond donors (Lipinski definition) is 0. The third-order valence-corrected chi connectivity index (χ3v) is 3.61. The van der Waals surface area contributed by atoms with E-state index in [0.717, 1.165) is 0 Å². The van der Waals surface area contributed by atoms with Gasteiger partial charge in [-0.05, 0) is 24.4 Å². The Morgan fingerprint density at radius 1 is 0.684 bits per heavy atom. The smallest absolute Gasteiger partial charge is 0.165 e. The van der Waals surface area contributed by atoms with Gasteiger partial charge in [0.1, 0.15) is 13.2 Å². The van der Waals surface area contributed by atoms with Crippen molar-refractivity contribution in [1.29, 1.82) is 0 Å². The highest BCUT2D eigenvalue weighted by Gasteiger charge is 2.19. The van der Waals surface area contributed by atoms with Crippen LogP contribution in [0.4, 0.5) is 0 Å². The van der Waals surface area contributed by atoms with Crippen LogP contribution >= 0.6 is 24.4 Å². The zero-order valence-corrected chi connectivity index (χ0v) is 14.5. The van der Waals surface area contributed by atoms with Crippen LogP contribution in [0.2, 0.25) is 0 Å². The molecular formula is C14H26O3S2. The topological polar surface area (TPSA) is 27.7 Å². The van der Waals surface area contributed by atoms with Crippen molar-refractivity contribution < 1.29 is 14.2 Å². The molecule has 0 atom stereocenters. The van der Waals surface area contributed by atoms with Gasteiger partial charge in [0.05, 0.1) is 13.2 Å². The van der Waals surface area contributed by atoms with Crippen molar-refractivity contribution in [2.45, 2.75) is 41.5 Å². The molecule has 0 aliphatic heterocycles. The molecule has 0 saturated heterocycles. The molecule has 0 amide bonds. The maximum atomic E-state index is 5.43. The van der Waals surface area contributed by atoms with Crippen LogP contribution in [0.1, 0.15) is 41.5 Å². The van der Waals surface area contributed by atoms with Crippen molar-refractivity contribution in [1.82, 2.24) is 0 Å². The van der Waals surface area contributed by atoms with Gasteiger partial charge in [-0.1, -0.05) is 41.5 Å². The minimum Gasteiger partial charge on any atom is -0.484 e. The molecule has 0 spiro atoms. The minimum absolute atomic E-state index is 0.0999. The summed E-state index contributed by atoms with van der Waals surface area (Å²) in [5, 5.41) is 1.22. The van der Waals surface area contributed by atoms with E-state index in [1.807, 2.05) is 41.5 Å². The Morgan fingerprint density at radius 3 is 1.26 bits per heavy atom. The van der Waals surface area contributed by atoms with Crippen LogP contribution in [0, 0.1) is 10.8 Å². The highest BCUT2D eigenvalue weighted by Crippen LogP contribution is 2.17. The van der Waals surface area contributed by atoms with Gasteiger partial charge in [-0.2, -0.15) is 0 Å². The van der Waals surface area contributed by atoms with Gasteiger partial charge in [-0.15, -0.1) is 0 Å². The SMILES string of the molecule is CC(C)(C)C(=S)OCCOCCOC(=S)C(C)(C)C. The number of rotatable bonds is 6. The van der Waals surface area contributed by atoms with Crippen LogP contribution in [0.25, 0.3) is 0 Å². The van der Waals surface area contributed by atoms with Crippen molar-refractivity contribution in [3.05, 3.63) is 0 Å². The summed E-state index contributed by atoms with van der Waals surface area (Å²) in [7, 11) is 0. The first-order valence-corrected chi connectivity index (χ1v) is 7.29. The van der Waals surface area contributed by atoms with E-state index in [1.165, 1.54) is 0 Å². The predicted octanol–water partition coefficient (Wildman–Crippen LogP) is 3.78. The lowest BCUT2D eigenvalue weighted by atomic mass is 9.98. The molecule has 0 heterocycles. The molecule has 0 fully saturated rings. The van der Waals surface area contributed by atoms with Crippen molar-refractivity contribution in [3.8, 4) is 0 Å². The Labute approximate surface area is 128 Å². The molecule has 0 rings (SSSR count). The Morgan fingerprint density at radius 2 is 1.00 bits per heavy atom. The Hall–Kier alpha value is -0.260. The molecule has 0 radical (unpaired) electrons. The van der Waals surface area contributed by atoms with Crippen molar-refractivity contribution in [2.75, 3.05) is 26.4 Å². The molecule has 0 N–H and O–H groups in total. The van der Waals surface area contributed by atoms with Crippen LogP contribution in [-0.2, 0) is 14.2 Å². The maximum Gasteiger partial charge on any atom is 0.165 e. The second kappa shape index (κ2) is 8.12. The normalized spacial score (nSPS) is 12.1. The molecule has 19 heavy (non-hydrogen) atoms. The molecule has 0 aromatic rings. The molecule has 0 aromatic heterocycles. The van der Waals surface area contributed by atoms with Crippen molar-refractivity contribution >= 4 is 34.5 Å². The van der Waals surface area contributed by atoms with E-state index in [9.17, 15) is 0 Å². The molecule has 0 bridgehead atoms. The van der Waals surface area contributed by atoms with Gasteiger partial charge in [0.15, 0.2) is 10.1 Å². The fourth-order valence-corrected chi connectivity index (χ4v) is 1.09. The fourth-order valence-electron chi connectivity index (χ4n) is 0.922. The molecule has 112 valence electrons. The minimum atomic E-state index is -0.0999. The summed E-state index contributed by atoms with van der Waals surface area (Å²) in [5.74, 6) is 0. The Bertz CT molecular complexity index is 271. The summed E-state index contributed by atoms with van der Waals surface area (Å²) in [6.07, 6.45) is 0. The van der Waals surface area contributed by atoms with Gasteiger partial charge in [-0.3, -0.25) is 0 Å². The molecule has 0 unspecified atom stereocenters. The van der Waals surface area contributed by atoms with Gasteiger partial charge in [0.2, 0.25) is 0 Å². The van der Waals surface area contributed by atoms with Crippen molar-refractivity contribution in [3.63, 3.8) is 0 Å². The van der Waals surface area contributed by atoms with E-state index < -0.39 is 0 Å². The van der Waals surface area contributed by atoms with E-state index >= 15 is 0 Å². The van der Waals surface area contributed by atoms with Gasteiger partial charge < -0.3 is 14.2 Å². The van der Waals surface area contributed by atoms with Gasteiger partial charge >= 0.3 is 0 Å². The fraction of sp³-hybridized carbons (Fsp3) is 0.857. The maximum absolute atomic E-state index is 5.43. The molecule has 0 aliphatic carbocycles. The van der Waals surface area contributed by atoms with E-state index in [1.54, 1.807) is 0 Å². The van der Waals surface area contributed by atoms with E-state index in [2.05, 4.69) is 0 Å². The summed E-state index contributed by atoms with van der Waals surface area (Å²) >= 11 is 10.3. The average Bonchev–Trinajstić information content (AvgIpc) is 2.24. The van der Waals surface area contributed by atoms with E-state index in [-0.39, 0.29) is 10.8 Å². The van der Waals surface area contributed by atoms with Gasteiger partial charge in [0.25, 0.3) is 0 Å². The third kappa shape index (κ3) is 9.30. The lowest BCUT2D eigenvalue weighted by Gasteiger charge is -2.20. The monoisotopic (exact) mass is 306 g/mol. The summed E-state index contributed by atoms with van der Waals surface area (Å²) in [6, 6.07) is 0. The molecule has 0 saturated carbocycles. The van der Waals surface area contributed by atoms with Crippen LogP contribution < -0.4 is 0 Å². The summed E-state index contributed by atoms with van der Waals surface area (Å²) in [4.78, 5) is 0. The molecule has 0 aliphatic rings. The Kier molecular flexibility index (Phi) is 8.01. The van der Waals surface area contributed by atoms with Crippen molar-refractivity contribution in [2.24, 2.45) is 10.8 Å². The first-order valence-electron chi connectivity index (χ1n) is 6.47. The van der Waals surface area contributed by atoms with Crippen LogP contribution in [0.15, 0.2) is 0 Å². The summed E-state index contributed by atoms with van der Waals surface area (Å²) in [6.45, 7) is 14.1. The molecule has 0 aromatic carbocycles. The van der Waals surface area contributed by atoms with Crippen LogP contribution in [-0.4, -0.2) is 36.5 Å². The van der Waals surface area contributed by atoms with E-state index in [4.69, 9.17) is 38.6 Å². The lowest BCUT2D eigenvalue weighted by Crippen LogP contribution is -2.24. The third-order valence-electron chi connectivity index (χ3n) is 2.15. The first kappa shape index (κ1) is 18.7. The standard InChI is InChI=1S/C14H26O3S2/c1-13(2,3)11(18)16-9-7-15-8-10-17-12(19)14(4,5)6/h7-10H2,1-6H3.